The Bertz CT molecular complexity index is 725. The molecule has 0 aromatic carbocycles. The molecule has 8 nitrogen and oxygen atoms in total. The molecule has 2 aliphatic rings. The van der Waals surface area contributed by atoms with E-state index in [1.807, 2.05) is 0 Å². The van der Waals surface area contributed by atoms with Crippen molar-refractivity contribution in [3.05, 3.63) is 35.5 Å². The minimum absolute atomic E-state index is 0.178. The van der Waals surface area contributed by atoms with Gasteiger partial charge in [-0.2, -0.15) is 0 Å². The lowest BCUT2D eigenvalue weighted by Gasteiger charge is -2.36. The van der Waals surface area contributed by atoms with Crippen molar-refractivity contribution in [2.24, 2.45) is 5.92 Å². The van der Waals surface area contributed by atoms with Crippen LogP contribution < -0.4 is 0 Å². The molecule has 0 spiro atoms. The van der Waals surface area contributed by atoms with E-state index in [4.69, 9.17) is 18.9 Å². The van der Waals surface area contributed by atoms with E-state index >= 15 is 0 Å². The number of carbonyl (C=O) groups is 4. The second-order valence-electron chi connectivity index (χ2n) is 6.99. The van der Waals surface area contributed by atoms with Crippen LogP contribution in [0.25, 0.3) is 0 Å². The molecule has 2 rings (SSSR count). The van der Waals surface area contributed by atoms with Gasteiger partial charge in [-0.3, -0.25) is 0 Å². The molecule has 0 saturated carbocycles. The summed E-state index contributed by atoms with van der Waals surface area (Å²) in [7, 11) is 0. The van der Waals surface area contributed by atoms with Crippen molar-refractivity contribution in [1.29, 1.82) is 0 Å². The molecule has 8 heteroatoms. The van der Waals surface area contributed by atoms with Gasteiger partial charge in [0.2, 0.25) is 0 Å². The van der Waals surface area contributed by atoms with Crippen molar-refractivity contribution < 1.29 is 38.1 Å². The monoisotopic (exact) mass is 378 g/mol. The predicted molar refractivity (Wildman–Crippen MR) is 91.6 cm³/mol. The third kappa shape index (κ3) is 4.64. The molecule has 0 aromatic rings. The Balaban J connectivity index is 2.01. The first-order valence-corrected chi connectivity index (χ1v) is 8.45. The van der Waals surface area contributed by atoms with Gasteiger partial charge in [0, 0.05) is 26.7 Å². The average molecular weight is 378 g/mol. The van der Waals surface area contributed by atoms with Gasteiger partial charge in [-0.25, -0.2) is 19.2 Å². The molecular formula is C19H22O8. The minimum Gasteiger partial charge on any atom is -0.419 e. The molecular weight excluding hydrogens is 356 g/mol. The zero-order valence-corrected chi connectivity index (χ0v) is 15.9. The molecule has 146 valence electrons. The fourth-order valence-electron chi connectivity index (χ4n) is 2.21. The van der Waals surface area contributed by atoms with Crippen molar-refractivity contribution in [2.75, 3.05) is 0 Å². The van der Waals surface area contributed by atoms with Crippen LogP contribution in [0, 0.1) is 5.92 Å². The quantitative estimate of drug-likeness (QED) is 0.416. The Hall–Kier alpha value is -2.90. The first kappa shape index (κ1) is 20.4. The number of carbonyl (C=O) groups excluding carboxylic acids is 4. The normalized spacial score (nSPS) is 25.1. The molecule has 0 bridgehead atoms. The Morgan fingerprint density at radius 3 is 1.78 bits per heavy atom. The molecule has 2 heterocycles. The van der Waals surface area contributed by atoms with Crippen LogP contribution in [0.3, 0.4) is 0 Å². The smallest absolute Gasteiger partial charge is 0.348 e. The van der Waals surface area contributed by atoms with Crippen LogP contribution >= 0.6 is 0 Å². The van der Waals surface area contributed by atoms with Crippen molar-refractivity contribution in [2.45, 2.75) is 52.6 Å². The SMILES string of the molecule is CC(C)C1(C)OC(=O)C(=CCC=CC=C2C(=O)OC(C)(C)OC2=O)C(=O)O1. The molecule has 0 amide bonds. The van der Waals surface area contributed by atoms with E-state index < -0.39 is 35.5 Å². The highest BCUT2D eigenvalue weighted by atomic mass is 16.8. The predicted octanol–water partition coefficient (Wildman–Crippen LogP) is 2.09. The van der Waals surface area contributed by atoms with E-state index in [1.54, 1.807) is 13.8 Å². The standard InChI is InChI=1S/C19H22O8/c1-11(2)19(5)26-16(22)13(17(23)27-19)10-8-6-7-9-12-14(20)24-18(3,4)25-15(12)21/h6-7,9-11H,8H2,1-5H3. The number of rotatable bonds is 4. The maximum Gasteiger partial charge on any atom is 0.348 e. The Morgan fingerprint density at radius 1 is 0.815 bits per heavy atom. The molecule has 27 heavy (non-hydrogen) atoms. The van der Waals surface area contributed by atoms with Crippen LogP contribution in [-0.2, 0) is 38.1 Å². The van der Waals surface area contributed by atoms with Crippen molar-refractivity contribution in [1.82, 2.24) is 0 Å². The highest BCUT2D eigenvalue weighted by molar-refractivity contribution is 6.16. The maximum absolute atomic E-state index is 12.0. The molecule has 0 radical (unpaired) electrons. The second-order valence-corrected chi connectivity index (χ2v) is 6.99. The lowest BCUT2D eigenvalue weighted by molar-refractivity contribution is -0.243. The number of cyclic esters (lactones) is 4. The van der Waals surface area contributed by atoms with Crippen molar-refractivity contribution >= 4 is 23.9 Å². The van der Waals surface area contributed by atoms with Crippen molar-refractivity contribution in [3.63, 3.8) is 0 Å². The van der Waals surface area contributed by atoms with Crippen LogP contribution in [0.4, 0.5) is 0 Å². The van der Waals surface area contributed by atoms with Gasteiger partial charge in [-0.1, -0.05) is 32.1 Å². The van der Waals surface area contributed by atoms with E-state index in [9.17, 15) is 19.2 Å². The van der Waals surface area contributed by atoms with Gasteiger partial charge in [-0.05, 0) is 12.5 Å². The highest BCUT2D eigenvalue weighted by Gasteiger charge is 2.44. The van der Waals surface area contributed by atoms with E-state index in [-0.39, 0.29) is 23.5 Å². The Morgan fingerprint density at radius 2 is 1.30 bits per heavy atom. The largest absolute Gasteiger partial charge is 0.419 e. The van der Waals surface area contributed by atoms with Gasteiger partial charge in [0.25, 0.3) is 11.6 Å². The fourth-order valence-corrected chi connectivity index (χ4v) is 2.21. The number of hydrogen-bond donors (Lipinski definition) is 0. The highest BCUT2D eigenvalue weighted by Crippen LogP contribution is 2.30. The molecule has 2 saturated heterocycles. The van der Waals surface area contributed by atoms with Crippen LogP contribution in [0.15, 0.2) is 35.5 Å². The third-order valence-corrected chi connectivity index (χ3v) is 4.05. The summed E-state index contributed by atoms with van der Waals surface area (Å²) >= 11 is 0. The Kier molecular flexibility index (Phi) is 5.58. The first-order valence-electron chi connectivity index (χ1n) is 8.45. The zero-order chi connectivity index (χ0) is 20.4. The number of allylic oxidation sites excluding steroid dienone is 4. The molecule has 0 aromatic heterocycles. The van der Waals surface area contributed by atoms with Gasteiger partial charge in [-0.15, -0.1) is 0 Å². The summed E-state index contributed by atoms with van der Waals surface area (Å²) in [5, 5.41) is 0. The van der Waals surface area contributed by atoms with Gasteiger partial charge in [0.1, 0.15) is 11.1 Å². The van der Waals surface area contributed by atoms with Crippen LogP contribution in [0.5, 0.6) is 0 Å². The summed E-state index contributed by atoms with van der Waals surface area (Å²) < 4.78 is 20.3. The molecule has 0 atom stereocenters. The minimum atomic E-state index is -1.30. The van der Waals surface area contributed by atoms with Crippen molar-refractivity contribution in [3.8, 4) is 0 Å². The fraction of sp³-hybridized carbons (Fsp3) is 0.474. The first-order chi connectivity index (χ1) is 12.4. The second kappa shape index (κ2) is 7.38. The average Bonchev–Trinajstić information content (AvgIpc) is 2.50. The molecule has 0 unspecified atom stereocenters. The third-order valence-electron chi connectivity index (χ3n) is 4.05. The number of hydrogen-bond acceptors (Lipinski definition) is 8. The molecule has 0 N–H and O–H groups in total. The van der Waals surface area contributed by atoms with Gasteiger partial charge in [0.05, 0.1) is 0 Å². The topological polar surface area (TPSA) is 105 Å². The maximum atomic E-state index is 12.0. The number of ether oxygens (including phenoxy) is 4. The summed E-state index contributed by atoms with van der Waals surface area (Å²) in [6.45, 7) is 7.98. The van der Waals surface area contributed by atoms with E-state index in [0.29, 0.717) is 0 Å². The summed E-state index contributed by atoms with van der Waals surface area (Å²) in [6, 6.07) is 0. The van der Waals surface area contributed by atoms with Crippen LogP contribution in [-0.4, -0.2) is 35.5 Å². The van der Waals surface area contributed by atoms with Gasteiger partial charge >= 0.3 is 23.9 Å². The number of esters is 4. The summed E-state index contributed by atoms with van der Waals surface area (Å²) in [4.78, 5) is 47.6. The van der Waals surface area contributed by atoms with Gasteiger partial charge < -0.3 is 18.9 Å². The van der Waals surface area contributed by atoms with E-state index in [2.05, 4.69) is 0 Å². The Labute approximate surface area is 156 Å². The molecule has 2 fully saturated rings. The van der Waals surface area contributed by atoms with E-state index in [1.165, 1.54) is 45.1 Å². The van der Waals surface area contributed by atoms with E-state index in [0.717, 1.165) is 0 Å². The van der Waals surface area contributed by atoms with Crippen LogP contribution in [0.1, 0.15) is 41.0 Å². The molecule has 2 aliphatic heterocycles. The van der Waals surface area contributed by atoms with Crippen LogP contribution in [0.2, 0.25) is 0 Å². The summed E-state index contributed by atoms with van der Waals surface area (Å²) in [5.74, 6) is -5.86. The summed E-state index contributed by atoms with van der Waals surface area (Å²) in [5.41, 5.74) is -0.453. The summed E-state index contributed by atoms with van der Waals surface area (Å²) in [6.07, 6.45) is 5.73. The lowest BCUT2D eigenvalue weighted by atomic mass is 10.0. The lowest BCUT2D eigenvalue weighted by Crippen LogP contribution is -2.47. The molecule has 0 aliphatic carbocycles. The van der Waals surface area contributed by atoms with Gasteiger partial charge in [0.15, 0.2) is 0 Å². The zero-order valence-electron chi connectivity index (χ0n) is 15.9.